The molecule has 92 valence electrons. The van der Waals surface area contributed by atoms with Crippen molar-refractivity contribution in [2.75, 3.05) is 52.9 Å². The van der Waals surface area contributed by atoms with Gasteiger partial charge in [-0.2, -0.15) is 0 Å². The van der Waals surface area contributed by atoms with Gasteiger partial charge < -0.3 is 9.80 Å². The average Bonchev–Trinajstić information content (AvgIpc) is 2.53. The van der Waals surface area contributed by atoms with Gasteiger partial charge in [-0.15, -0.1) is 0 Å². The van der Waals surface area contributed by atoms with Gasteiger partial charge in [-0.1, -0.05) is 0 Å². The fourth-order valence-corrected chi connectivity index (χ4v) is 3.82. The van der Waals surface area contributed by atoms with Crippen molar-refractivity contribution >= 4 is 0 Å². The molecule has 4 heteroatoms. The SMILES string of the molecule is CN1CC2(C1)CN(CCC1CCN(N)C1)C2. The molecular weight excluding hydrogens is 200 g/mol. The summed E-state index contributed by atoms with van der Waals surface area (Å²) in [6, 6.07) is 0. The molecule has 3 saturated heterocycles. The molecule has 2 N–H and O–H groups in total. The van der Waals surface area contributed by atoms with Crippen LogP contribution < -0.4 is 5.84 Å². The summed E-state index contributed by atoms with van der Waals surface area (Å²) in [5.74, 6) is 6.63. The zero-order chi connectivity index (χ0) is 11.2. The third-order valence-corrected chi connectivity index (χ3v) is 4.50. The molecule has 0 amide bonds. The molecule has 16 heavy (non-hydrogen) atoms. The fraction of sp³-hybridized carbons (Fsp3) is 1.00. The number of rotatable bonds is 3. The van der Waals surface area contributed by atoms with Gasteiger partial charge in [0.15, 0.2) is 0 Å². The second-order valence-corrected chi connectivity index (χ2v) is 6.32. The summed E-state index contributed by atoms with van der Waals surface area (Å²) < 4.78 is 0. The van der Waals surface area contributed by atoms with Crippen LogP contribution in [0.15, 0.2) is 0 Å². The molecule has 1 unspecified atom stereocenters. The Hall–Kier alpha value is -0.160. The molecule has 3 aliphatic heterocycles. The molecule has 0 saturated carbocycles. The van der Waals surface area contributed by atoms with Crippen molar-refractivity contribution in [3.8, 4) is 0 Å². The Balaban J connectivity index is 1.33. The van der Waals surface area contributed by atoms with Crippen molar-refractivity contribution < 1.29 is 0 Å². The van der Waals surface area contributed by atoms with E-state index in [1.54, 1.807) is 0 Å². The second-order valence-electron chi connectivity index (χ2n) is 6.32. The number of hydrazine groups is 1. The van der Waals surface area contributed by atoms with Crippen LogP contribution in [-0.2, 0) is 0 Å². The zero-order valence-corrected chi connectivity index (χ0v) is 10.4. The highest BCUT2D eigenvalue weighted by atomic mass is 15.4. The Morgan fingerprint density at radius 3 is 2.56 bits per heavy atom. The van der Waals surface area contributed by atoms with Crippen LogP contribution >= 0.6 is 0 Å². The van der Waals surface area contributed by atoms with Gasteiger partial charge in [0.2, 0.25) is 0 Å². The monoisotopic (exact) mass is 224 g/mol. The first-order chi connectivity index (χ1) is 7.65. The highest BCUT2D eigenvalue weighted by Gasteiger charge is 2.49. The maximum absolute atomic E-state index is 5.78. The molecule has 3 rings (SSSR count). The summed E-state index contributed by atoms with van der Waals surface area (Å²) in [6.45, 7) is 8.84. The van der Waals surface area contributed by atoms with E-state index in [0.717, 1.165) is 19.0 Å². The van der Waals surface area contributed by atoms with Crippen molar-refractivity contribution in [2.24, 2.45) is 17.2 Å². The van der Waals surface area contributed by atoms with Crippen LogP contribution in [0, 0.1) is 11.3 Å². The van der Waals surface area contributed by atoms with Crippen LogP contribution in [0.2, 0.25) is 0 Å². The average molecular weight is 224 g/mol. The van der Waals surface area contributed by atoms with Gasteiger partial charge in [0.1, 0.15) is 0 Å². The van der Waals surface area contributed by atoms with Crippen molar-refractivity contribution in [2.45, 2.75) is 12.8 Å². The van der Waals surface area contributed by atoms with Gasteiger partial charge >= 0.3 is 0 Å². The summed E-state index contributed by atoms with van der Waals surface area (Å²) in [6.07, 6.45) is 2.65. The first kappa shape index (κ1) is 11.0. The fourth-order valence-electron chi connectivity index (χ4n) is 3.82. The molecule has 3 aliphatic rings. The van der Waals surface area contributed by atoms with Crippen molar-refractivity contribution in [3.63, 3.8) is 0 Å². The molecule has 0 aromatic rings. The van der Waals surface area contributed by atoms with Crippen LogP contribution in [-0.4, -0.2) is 67.7 Å². The predicted molar refractivity (Wildman–Crippen MR) is 64.9 cm³/mol. The molecule has 0 bridgehead atoms. The maximum Gasteiger partial charge on any atom is 0.0212 e. The Labute approximate surface area is 98.3 Å². The Morgan fingerprint density at radius 1 is 1.25 bits per heavy atom. The third kappa shape index (κ3) is 1.99. The molecule has 1 spiro atoms. The summed E-state index contributed by atoms with van der Waals surface area (Å²) in [7, 11) is 2.22. The van der Waals surface area contributed by atoms with Gasteiger partial charge in [0.25, 0.3) is 0 Å². The van der Waals surface area contributed by atoms with E-state index >= 15 is 0 Å². The molecule has 4 nitrogen and oxygen atoms in total. The Kier molecular flexibility index (Phi) is 2.70. The van der Waals surface area contributed by atoms with Crippen LogP contribution in [0.5, 0.6) is 0 Å². The highest BCUT2D eigenvalue weighted by Crippen LogP contribution is 2.38. The maximum atomic E-state index is 5.78. The van der Waals surface area contributed by atoms with E-state index in [1.807, 2.05) is 5.01 Å². The minimum Gasteiger partial charge on any atom is -0.305 e. The van der Waals surface area contributed by atoms with Crippen LogP contribution in [0.3, 0.4) is 0 Å². The standard InChI is InChI=1S/C12H24N4/c1-14-7-12(8-14)9-15(10-12)4-2-11-3-5-16(13)6-11/h11H,2-10,13H2,1H3. The lowest BCUT2D eigenvalue weighted by Gasteiger charge is -2.60. The normalized spacial score (nSPS) is 35.2. The molecule has 0 radical (unpaired) electrons. The lowest BCUT2D eigenvalue weighted by atomic mass is 9.73. The van der Waals surface area contributed by atoms with Gasteiger partial charge in [0.05, 0.1) is 0 Å². The van der Waals surface area contributed by atoms with E-state index in [0.29, 0.717) is 5.41 Å². The molecule has 0 aromatic carbocycles. The minimum absolute atomic E-state index is 0.699. The second kappa shape index (κ2) is 3.95. The quantitative estimate of drug-likeness (QED) is 0.675. The van der Waals surface area contributed by atoms with Gasteiger partial charge in [-0.3, -0.25) is 5.84 Å². The number of hydrogen-bond donors (Lipinski definition) is 1. The van der Waals surface area contributed by atoms with E-state index < -0.39 is 0 Å². The van der Waals surface area contributed by atoms with Crippen LogP contribution in [0.4, 0.5) is 0 Å². The van der Waals surface area contributed by atoms with E-state index in [-0.39, 0.29) is 0 Å². The highest BCUT2D eigenvalue weighted by molar-refractivity contribution is 5.04. The summed E-state index contributed by atoms with van der Waals surface area (Å²) in [4.78, 5) is 5.06. The predicted octanol–water partition coefficient (Wildman–Crippen LogP) is -0.180. The zero-order valence-electron chi connectivity index (χ0n) is 10.4. The van der Waals surface area contributed by atoms with E-state index in [1.165, 1.54) is 45.6 Å². The third-order valence-electron chi connectivity index (χ3n) is 4.50. The van der Waals surface area contributed by atoms with Crippen molar-refractivity contribution in [1.29, 1.82) is 0 Å². The molecule has 0 aromatic heterocycles. The molecule has 0 aliphatic carbocycles. The Bertz CT molecular complexity index is 254. The Morgan fingerprint density at radius 2 is 2.00 bits per heavy atom. The van der Waals surface area contributed by atoms with Gasteiger partial charge in [-0.25, -0.2) is 5.01 Å². The molecule has 1 atom stereocenters. The summed E-state index contributed by atoms with van der Waals surface area (Å²) in [5, 5.41) is 1.98. The van der Waals surface area contributed by atoms with Crippen molar-refractivity contribution in [3.05, 3.63) is 0 Å². The minimum atomic E-state index is 0.699. The summed E-state index contributed by atoms with van der Waals surface area (Å²) >= 11 is 0. The number of nitrogens with two attached hydrogens (primary N) is 1. The van der Waals surface area contributed by atoms with Crippen molar-refractivity contribution in [1.82, 2.24) is 14.8 Å². The first-order valence-corrected chi connectivity index (χ1v) is 6.56. The van der Waals surface area contributed by atoms with Crippen LogP contribution in [0.25, 0.3) is 0 Å². The lowest BCUT2D eigenvalue weighted by Crippen LogP contribution is -2.71. The van der Waals surface area contributed by atoms with Gasteiger partial charge in [-0.05, 0) is 32.4 Å². The molecule has 3 fully saturated rings. The van der Waals surface area contributed by atoms with E-state index in [4.69, 9.17) is 5.84 Å². The van der Waals surface area contributed by atoms with Crippen LogP contribution in [0.1, 0.15) is 12.8 Å². The topological polar surface area (TPSA) is 35.7 Å². The number of likely N-dealkylation sites (tertiary alicyclic amines) is 2. The first-order valence-electron chi connectivity index (χ1n) is 6.56. The van der Waals surface area contributed by atoms with Gasteiger partial charge in [0, 0.05) is 44.7 Å². The summed E-state index contributed by atoms with van der Waals surface area (Å²) in [5.41, 5.74) is 0.699. The smallest absolute Gasteiger partial charge is 0.0212 e. The van der Waals surface area contributed by atoms with E-state index in [2.05, 4.69) is 16.8 Å². The molecule has 3 heterocycles. The number of hydrogen-bond acceptors (Lipinski definition) is 4. The largest absolute Gasteiger partial charge is 0.305 e. The van der Waals surface area contributed by atoms with E-state index in [9.17, 15) is 0 Å². The lowest BCUT2D eigenvalue weighted by molar-refractivity contribution is -0.105. The molecular formula is C12H24N4. The number of nitrogens with zero attached hydrogens (tertiary/aromatic N) is 3.